The highest BCUT2D eigenvalue weighted by atomic mass is 16.5. The highest BCUT2D eigenvalue weighted by Crippen LogP contribution is 2.48. The average Bonchev–Trinajstić information content (AvgIpc) is 3.66. The Labute approximate surface area is 231 Å². The Kier molecular flexibility index (Phi) is 7.30. The number of methoxy groups -OCH3 is 1. The molecule has 1 unspecified atom stereocenters. The van der Waals surface area contributed by atoms with Gasteiger partial charge in [-0.15, -0.1) is 0 Å². The number of pyridine rings is 1. The third-order valence-electron chi connectivity index (χ3n) is 8.83. The number of ether oxygens (including phenoxy) is 2. The number of hydrogen-bond acceptors (Lipinski definition) is 5. The molecule has 3 atom stereocenters. The van der Waals surface area contributed by atoms with Gasteiger partial charge in [0.1, 0.15) is 11.9 Å². The molecule has 6 heteroatoms. The fraction of sp³-hybridized carbons (Fsp3) is 0.455. The molecule has 0 bridgehead atoms. The summed E-state index contributed by atoms with van der Waals surface area (Å²) in [5.41, 5.74) is 7.13. The van der Waals surface area contributed by atoms with Crippen LogP contribution in [0.1, 0.15) is 73.3 Å². The number of nitrogens with zero attached hydrogens (tertiary/aromatic N) is 2. The number of aromatic nitrogens is 1. The van der Waals surface area contributed by atoms with Gasteiger partial charge in [0.05, 0.1) is 13.0 Å². The van der Waals surface area contributed by atoms with E-state index in [0.29, 0.717) is 11.8 Å². The molecule has 204 valence electrons. The number of carboxylic acid groups (broad SMARTS) is 1. The number of hydrogen-bond donors (Lipinski definition) is 1. The van der Waals surface area contributed by atoms with Crippen molar-refractivity contribution in [3.8, 4) is 22.8 Å². The summed E-state index contributed by atoms with van der Waals surface area (Å²) in [6.07, 6.45) is 8.39. The van der Waals surface area contributed by atoms with Gasteiger partial charge < -0.3 is 14.6 Å². The monoisotopic (exact) mass is 526 g/mol. The Bertz CT molecular complexity index is 1350. The minimum atomic E-state index is -0.721. The Morgan fingerprint density at radius 1 is 1.10 bits per heavy atom. The van der Waals surface area contributed by atoms with Gasteiger partial charge in [-0.1, -0.05) is 37.3 Å². The van der Waals surface area contributed by atoms with Crippen molar-refractivity contribution in [2.45, 2.75) is 64.0 Å². The second-order valence-corrected chi connectivity index (χ2v) is 11.5. The summed E-state index contributed by atoms with van der Waals surface area (Å²) in [6.45, 7) is 5.03. The molecule has 6 nitrogen and oxygen atoms in total. The molecule has 2 fully saturated rings. The lowest BCUT2D eigenvalue weighted by Gasteiger charge is -2.29. The summed E-state index contributed by atoms with van der Waals surface area (Å²) >= 11 is 0. The lowest BCUT2D eigenvalue weighted by Crippen LogP contribution is -2.22. The van der Waals surface area contributed by atoms with Crippen LogP contribution in [-0.4, -0.2) is 41.2 Å². The zero-order valence-electron chi connectivity index (χ0n) is 22.9. The van der Waals surface area contributed by atoms with E-state index in [1.807, 2.05) is 19.1 Å². The number of carboxylic acids is 1. The number of aliphatic carboxylic acids is 1. The van der Waals surface area contributed by atoms with Crippen molar-refractivity contribution in [2.75, 3.05) is 20.2 Å². The molecule has 3 heterocycles. The Balaban J connectivity index is 1.30. The van der Waals surface area contributed by atoms with E-state index in [0.717, 1.165) is 62.2 Å². The average molecular weight is 527 g/mol. The summed E-state index contributed by atoms with van der Waals surface area (Å²) in [4.78, 5) is 18.7. The van der Waals surface area contributed by atoms with Crippen molar-refractivity contribution in [3.63, 3.8) is 0 Å². The van der Waals surface area contributed by atoms with E-state index < -0.39 is 11.9 Å². The smallest absolute Gasteiger partial charge is 0.306 e. The third-order valence-corrected chi connectivity index (χ3v) is 8.83. The Hall–Kier alpha value is -3.38. The van der Waals surface area contributed by atoms with E-state index in [4.69, 9.17) is 9.47 Å². The summed E-state index contributed by atoms with van der Waals surface area (Å²) in [5.74, 6) is 0.911. The molecule has 6 rings (SSSR count). The molecule has 1 saturated heterocycles. The van der Waals surface area contributed by atoms with Gasteiger partial charge in [0, 0.05) is 18.8 Å². The highest BCUT2D eigenvalue weighted by Gasteiger charge is 2.39. The Morgan fingerprint density at radius 3 is 2.67 bits per heavy atom. The van der Waals surface area contributed by atoms with Crippen LogP contribution < -0.4 is 9.47 Å². The standard InChI is InChI=1S/C33H38N2O4/c1-21(33(36)37)32(23-6-7-23)26-8-5-22-10-12-29(39-30(22)18-26)25-9-11-28(24-13-14-34-31(19-24)38-2)27(17-25)20-35-15-3-4-16-35/h5,8-9,11,13-14,17-19,21,23,29,32H,3-4,6-7,10,12,15-16,20H2,1-2H3,(H,36,37)/t21-,29?,32-/m0/s1. The zero-order valence-corrected chi connectivity index (χ0v) is 22.9. The van der Waals surface area contributed by atoms with E-state index in [-0.39, 0.29) is 12.0 Å². The summed E-state index contributed by atoms with van der Waals surface area (Å²) in [6, 6.07) is 17.2. The minimum Gasteiger partial charge on any atom is -0.485 e. The maximum Gasteiger partial charge on any atom is 0.306 e. The highest BCUT2D eigenvalue weighted by molar-refractivity contribution is 5.71. The van der Waals surface area contributed by atoms with E-state index >= 15 is 0 Å². The second kappa shape index (κ2) is 11.0. The third kappa shape index (κ3) is 5.53. The Morgan fingerprint density at radius 2 is 1.92 bits per heavy atom. The summed E-state index contributed by atoms with van der Waals surface area (Å²) < 4.78 is 12.1. The predicted molar refractivity (Wildman–Crippen MR) is 151 cm³/mol. The number of fused-ring (bicyclic) bond motifs is 1. The summed E-state index contributed by atoms with van der Waals surface area (Å²) in [7, 11) is 1.65. The van der Waals surface area contributed by atoms with E-state index in [9.17, 15) is 9.90 Å². The molecule has 1 saturated carbocycles. The van der Waals surface area contributed by atoms with E-state index in [1.165, 1.54) is 35.1 Å². The van der Waals surface area contributed by atoms with Crippen molar-refractivity contribution >= 4 is 5.97 Å². The molecular formula is C33H38N2O4. The first-order chi connectivity index (χ1) is 19.0. The van der Waals surface area contributed by atoms with Gasteiger partial charge in [-0.2, -0.15) is 0 Å². The second-order valence-electron chi connectivity index (χ2n) is 11.5. The van der Waals surface area contributed by atoms with Crippen LogP contribution in [0.15, 0.2) is 54.7 Å². The van der Waals surface area contributed by atoms with Gasteiger partial charge in [0.25, 0.3) is 0 Å². The van der Waals surface area contributed by atoms with Crippen LogP contribution in [0.5, 0.6) is 11.6 Å². The number of likely N-dealkylation sites (tertiary alicyclic amines) is 1. The lowest BCUT2D eigenvalue weighted by atomic mass is 9.82. The van der Waals surface area contributed by atoms with Crippen LogP contribution >= 0.6 is 0 Å². The van der Waals surface area contributed by atoms with Crippen LogP contribution in [0.4, 0.5) is 0 Å². The van der Waals surface area contributed by atoms with E-state index in [2.05, 4.69) is 46.3 Å². The molecule has 1 N–H and O–H groups in total. The predicted octanol–water partition coefficient (Wildman–Crippen LogP) is 6.63. The minimum absolute atomic E-state index is 0.0256. The van der Waals surface area contributed by atoms with Gasteiger partial charge in [0.2, 0.25) is 5.88 Å². The zero-order chi connectivity index (χ0) is 26.9. The van der Waals surface area contributed by atoms with Gasteiger partial charge >= 0.3 is 5.97 Å². The molecule has 0 amide bonds. The molecule has 2 aromatic carbocycles. The maximum absolute atomic E-state index is 11.8. The van der Waals surface area contributed by atoms with Crippen molar-refractivity contribution in [2.24, 2.45) is 11.8 Å². The van der Waals surface area contributed by atoms with Gasteiger partial charge in [-0.05, 0) is 109 Å². The van der Waals surface area contributed by atoms with Crippen LogP contribution in [0.25, 0.3) is 11.1 Å². The quantitative estimate of drug-likeness (QED) is 0.337. The molecule has 1 aromatic heterocycles. The van der Waals surface area contributed by atoms with Crippen molar-refractivity contribution < 1.29 is 19.4 Å². The van der Waals surface area contributed by atoms with Crippen molar-refractivity contribution in [3.05, 3.63) is 77.0 Å². The maximum atomic E-state index is 11.8. The largest absolute Gasteiger partial charge is 0.485 e. The topological polar surface area (TPSA) is 71.9 Å². The number of carbonyl (C=O) groups is 1. The molecular weight excluding hydrogens is 488 g/mol. The molecule has 2 aliphatic heterocycles. The lowest BCUT2D eigenvalue weighted by molar-refractivity contribution is -0.142. The number of benzene rings is 2. The van der Waals surface area contributed by atoms with Gasteiger partial charge in [-0.25, -0.2) is 4.98 Å². The van der Waals surface area contributed by atoms with Crippen LogP contribution in [0.2, 0.25) is 0 Å². The van der Waals surface area contributed by atoms with Crippen LogP contribution in [-0.2, 0) is 17.8 Å². The van der Waals surface area contributed by atoms with Crippen LogP contribution in [0, 0.1) is 11.8 Å². The molecule has 1 aliphatic carbocycles. The fourth-order valence-corrected chi connectivity index (χ4v) is 6.50. The SMILES string of the molecule is COc1cc(-c2ccc(C3CCc4ccc([C@H](C5CC5)[C@H](C)C(=O)O)cc4O3)cc2CN2CCCC2)ccn1. The molecule has 3 aromatic rings. The van der Waals surface area contributed by atoms with Crippen molar-refractivity contribution in [1.29, 1.82) is 0 Å². The normalized spacial score (nSPS) is 20.6. The van der Waals surface area contributed by atoms with Gasteiger partial charge in [-0.3, -0.25) is 9.69 Å². The molecule has 0 spiro atoms. The number of aryl methyl sites for hydroxylation is 1. The molecule has 3 aliphatic rings. The molecule has 0 radical (unpaired) electrons. The first-order valence-corrected chi connectivity index (χ1v) is 14.4. The van der Waals surface area contributed by atoms with Gasteiger partial charge in [0.15, 0.2) is 0 Å². The fourth-order valence-electron chi connectivity index (χ4n) is 6.50. The van der Waals surface area contributed by atoms with Crippen LogP contribution in [0.3, 0.4) is 0 Å². The first-order valence-electron chi connectivity index (χ1n) is 14.4. The molecule has 39 heavy (non-hydrogen) atoms. The van der Waals surface area contributed by atoms with Crippen molar-refractivity contribution in [1.82, 2.24) is 9.88 Å². The number of rotatable bonds is 9. The first kappa shape index (κ1) is 25.9. The van der Waals surface area contributed by atoms with E-state index in [1.54, 1.807) is 13.3 Å². The summed E-state index contributed by atoms with van der Waals surface area (Å²) in [5, 5.41) is 9.74.